The van der Waals surface area contributed by atoms with Crippen molar-refractivity contribution in [3.8, 4) is 0 Å². The Morgan fingerprint density at radius 3 is 2.12 bits per heavy atom. The molecule has 2 amide bonds. The Balaban J connectivity index is 1.18. The third-order valence-corrected chi connectivity index (χ3v) is 13.7. The minimum Gasteiger partial charge on any atom is -0.354 e. The monoisotopic (exact) mass is 918 g/mol. The average Bonchev–Trinajstić information content (AvgIpc) is 3.74. The fourth-order valence-electron chi connectivity index (χ4n) is 8.61. The van der Waals surface area contributed by atoms with E-state index in [1.807, 2.05) is 56.2 Å². The molecule has 7 rings (SSSR count). The van der Waals surface area contributed by atoms with Crippen LogP contribution in [0.15, 0.2) is 82.3 Å². The zero-order valence-electron chi connectivity index (χ0n) is 36.0. The third-order valence-electron chi connectivity index (χ3n) is 12.0. The zero-order valence-corrected chi connectivity index (χ0v) is 37.6. The number of amides is 2. The van der Waals surface area contributed by atoms with Gasteiger partial charge < -0.3 is 25.7 Å². The molecule has 64 heavy (non-hydrogen) atoms. The average molecular weight is 919 g/mol. The highest BCUT2D eigenvalue weighted by Crippen LogP contribution is 2.50. The second kappa shape index (κ2) is 18.2. The van der Waals surface area contributed by atoms with Crippen LogP contribution in [0.5, 0.6) is 0 Å². The van der Waals surface area contributed by atoms with Gasteiger partial charge in [0, 0.05) is 80.4 Å². The number of rotatable bonds is 7. The molecule has 340 valence electrons. The Morgan fingerprint density at radius 2 is 1.47 bits per heavy atom. The van der Waals surface area contributed by atoms with Gasteiger partial charge in [-0.05, 0) is 82.0 Å². The van der Waals surface area contributed by atoms with Gasteiger partial charge in [0.15, 0.2) is 5.71 Å². The maximum Gasteiger partial charge on any atom is 0.334 e. The molecule has 3 aromatic rings. The molecule has 2 bridgehead atoms. The van der Waals surface area contributed by atoms with Crippen molar-refractivity contribution >= 4 is 73.0 Å². The minimum atomic E-state index is -4.47. The molecular weight excluding hydrogens is 867 g/mol. The van der Waals surface area contributed by atoms with Gasteiger partial charge in [0.25, 0.3) is 32.1 Å². The fraction of sp³-hybridized carbons (Fsp3) is 0.419. The summed E-state index contributed by atoms with van der Waals surface area (Å²) in [5.74, 6) is -1.22. The highest BCUT2D eigenvalue weighted by atomic mass is 32.2. The molecule has 2 aromatic carbocycles. The summed E-state index contributed by atoms with van der Waals surface area (Å²) >= 11 is 0. The van der Waals surface area contributed by atoms with Gasteiger partial charge in [0.1, 0.15) is 6.54 Å². The number of carbonyl (C=O) groups is 3. The predicted molar refractivity (Wildman–Crippen MR) is 238 cm³/mol. The SMILES string of the molecule is CN1/C2=C/C=C\C=C/C3=[N+](CCCCNc4nc(nc(NCCC(=O)ON5C(=O)CCC5=O)n4)NCCCCC2(C)c2cc(S(=O)(=O)O)ccc21)c1ccc(S(=O)(=O)O)cc1C3(C)C. The molecule has 1 unspecified atom stereocenters. The van der Waals surface area contributed by atoms with Gasteiger partial charge in [0.2, 0.25) is 23.5 Å². The van der Waals surface area contributed by atoms with Crippen LogP contribution >= 0.6 is 0 Å². The molecule has 5 N–H and O–H groups in total. The summed E-state index contributed by atoms with van der Waals surface area (Å²) in [5, 5.41) is 10.0. The van der Waals surface area contributed by atoms with Crippen molar-refractivity contribution < 1.29 is 49.7 Å². The number of hydroxylamine groups is 2. The number of aromatic nitrogens is 3. The van der Waals surface area contributed by atoms with Gasteiger partial charge in [0.05, 0.1) is 21.6 Å². The molecule has 4 aliphatic heterocycles. The van der Waals surface area contributed by atoms with Crippen LogP contribution in [-0.2, 0) is 50.3 Å². The first-order valence-electron chi connectivity index (χ1n) is 21.0. The molecule has 1 aromatic heterocycles. The quantitative estimate of drug-likeness (QED) is 0.118. The lowest BCUT2D eigenvalue weighted by Crippen LogP contribution is -2.32. The Kier molecular flexibility index (Phi) is 13.1. The summed E-state index contributed by atoms with van der Waals surface area (Å²) in [6.07, 6.45) is 12.9. The normalized spacial score (nSPS) is 22.3. The number of hydrogen-bond donors (Lipinski definition) is 5. The van der Waals surface area contributed by atoms with E-state index < -0.39 is 48.8 Å². The molecule has 5 heterocycles. The smallest absolute Gasteiger partial charge is 0.334 e. The lowest BCUT2D eigenvalue weighted by molar-refractivity contribution is -0.438. The Bertz CT molecular complexity index is 2720. The third kappa shape index (κ3) is 9.71. The van der Waals surface area contributed by atoms with Crippen molar-refractivity contribution in [2.45, 2.75) is 92.8 Å². The van der Waals surface area contributed by atoms with E-state index in [9.17, 15) is 40.3 Å². The van der Waals surface area contributed by atoms with Crippen molar-refractivity contribution in [3.63, 3.8) is 0 Å². The number of allylic oxidation sites excluding steroid dienone is 6. The van der Waals surface area contributed by atoms with E-state index in [1.54, 1.807) is 12.1 Å². The summed E-state index contributed by atoms with van der Waals surface area (Å²) in [6, 6.07) is 9.25. The number of benzene rings is 2. The molecule has 4 aliphatic rings. The molecule has 21 heteroatoms. The maximum atomic E-state index is 12.5. The molecule has 0 spiro atoms. The number of nitrogens with one attached hydrogen (secondary N) is 3. The fourth-order valence-corrected chi connectivity index (χ4v) is 9.63. The van der Waals surface area contributed by atoms with E-state index in [4.69, 9.17) is 4.84 Å². The lowest BCUT2D eigenvalue weighted by Gasteiger charge is -2.29. The summed E-state index contributed by atoms with van der Waals surface area (Å²) in [4.78, 5) is 56.5. The van der Waals surface area contributed by atoms with Crippen LogP contribution in [0.25, 0.3) is 0 Å². The summed E-state index contributed by atoms with van der Waals surface area (Å²) in [7, 11) is -7.00. The summed E-state index contributed by atoms with van der Waals surface area (Å²) in [5.41, 5.74) is 3.68. The zero-order chi connectivity index (χ0) is 46.0. The predicted octanol–water partition coefficient (Wildman–Crippen LogP) is 5.04. The summed E-state index contributed by atoms with van der Waals surface area (Å²) in [6.45, 7) is 7.62. The first-order valence-corrected chi connectivity index (χ1v) is 23.9. The second-order valence-corrected chi connectivity index (χ2v) is 19.5. The van der Waals surface area contributed by atoms with Crippen molar-refractivity contribution in [1.29, 1.82) is 0 Å². The first kappa shape index (κ1) is 46.0. The summed E-state index contributed by atoms with van der Waals surface area (Å²) < 4.78 is 70.9. The van der Waals surface area contributed by atoms with E-state index in [1.165, 1.54) is 24.3 Å². The molecule has 1 saturated heterocycles. The molecule has 19 nitrogen and oxygen atoms in total. The van der Waals surface area contributed by atoms with Gasteiger partial charge in [-0.1, -0.05) is 24.6 Å². The van der Waals surface area contributed by atoms with Gasteiger partial charge in [-0.3, -0.25) is 18.7 Å². The Morgan fingerprint density at radius 1 is 0.844 bits per heavy atom. The molecule has 0 saturated carbocycles. The van der Waals surface area contributed by atoms with Gasteiger partial charge in [-0.2, -0.15) is 36.4 Å². The highest BCUT2D eigenvalue weighted by molar-refractivity contribution is 7.86. The molecule has 1 atom stereocenters. The largest absolute Gasteiger partial charge is 0.354 e. The maximum absolute atomic E-state index is 12.5. The van der Waals surface area contributed by atoms with Crippen LogP contribution in [0.4, 0.5) is 29.2 Å². The standard InChI is InChI=1S/C43H51N9O10S2/c1-42(2)30-26-28(63(56,57)58)15-17-33(30)51-25-11-10-23-45-40-47-39(48-41(49-40)46-24-20-38(55)62-52-36(53)18-19-37(52)54)44-22-9-8-21-43(3)31-27-29(64(59,60)61)14-16-32(31)50(4)35(43)13-7-5-6-12-34(42)51/h5-7,12-17,26-27H,8-11,18-25H2,1-4H3,(H4-,44,45,46,47,48,49,56,57,58,59,60,61)/p+1. The topological polar surface area (TPSA) is 253 Å². The van der Waals surface area contributed by atoms with Crippen LogP contribution in [-0.4, -0.2) is 107 Å². The number of likely N-dealkylation sites (N-methyl/N-ethyl adjacent to an activating group) is 1. The van der Waals surface area contributed by atoms with E-state index in [0.29, 0.717) is 56.8 Å². The van der Waals surface area contributed by atoms with Crippen molar-refractivity contribution in [1.82, 2.24) is 20.0 Å². The number of imide groups is 1. The number of nitrogens with zero attached hydrogens (tertiary/aromatic N) is 6. The Hall–Kier alpha value is -6.03. The lowest BCUT2D eigenvalue weighted by atomic mass is 9.77. The number of fused-ring (bicyclic) bond motifs is 7. The number of anilines is 4. The molecule has 0 aliphatic carbocycles. The number of hydrogen-bond acceptors (Lipinski definition) is 15. The van der Waals surface area contributed by atoms with Crippen LogP contribution < -0.4 is 20.9 Å². The Labute approximate surface area is 371 Å². The van der Waals surface area contributed by atoms with Crippen molar-refractivity contribution in [2.24, 2.45) is 0 Å². The van der Waals surface area contributed by atoms with Crippen LogP contribution in [0, 0.1) is 0 Å². The van der Waals surface area contributed by atoms with E-state index >= 15 is 0 Å². The molecule has 1 fully saturated rings. The minimum absolute atomic E-state index is 0.0133. The van der Waals surface area contributed by atoms with Crippen LogP contribution in [0.2, 0.25) is 0 Å². The van der Waals surface area contributed by atoms with Crippen LogP contribution in [0.1, 0.15) is 83.3 Å². The van der Waals surface area contributed by atoms with Gasteiger partial charge in [-0.25, -0.2) is 4.79 Å². The van der Waals surface area contributed by atoms with E-state index in [2.05, 4.69) is 42.4 Å². The first-order chi connectivity index (χ1) is 30.3. The number of carbonyl (C=O) groups excluding carboxylic acids is 3. The van der Waals surface area contributed by atoms with Crippen molar-refractivity contribution in [3.05, 3.63) is 83.6 Å². The second-order valence-electron chi connectivity index (χ2n) is 16.7. The van der Waals surface area contributed by atoms with Gasteiger partial charge >= 0.3 is 5.97 Å². The van der Waals surface area contributed by atoms with E-state index in [0.717, 1.165) is 33.9 Å². The van der Waals surface area contributed by atoms with Gasteiger partial charge in [-0.15, -0.1) is 5.06 Å². The molecular formula is C43H52N9O10S2+. The molecule has 0 radical (unpaired) electrons. The van der Waals surface area contributed by atoms with E-state index in [-0.39, 0.29) is 53.4 Å². The van der Waals surface area contributed by atoms with Crippen molar-refractivity contribution in [2.75, 3.05) is 54.1 Å². The highest BCUT2D eigenvalue weighted by Gasteiger charge is 2.45. The van der Waals surface area contributed by atoms with Crippen LogP contribution in [0.3, 0.4) is 0 Å².